The Morgan fingerprint density at radius 3 is 2.30 bits per heavy atom. The summed E-state index contributed by atoms with van der Waals surface area (Å²) >= 11 is 1.22. The lowest BCUT2D eigenvalue weighted by Gasteiger charge is -2.13. The number of carbonyl (C=O) groups excluding carboxylic acids is 2. The third kappa shape index (κ3) is 4.06. The van der Waals surface area contributed by atoms with Crippen molar-refractivity contribution in [1.82, 2.24) is 0 Å². The highest BCUT2D eigenvalue weighted by Crippen LogP contribution is 2.28. The molecule has 0 saturated heterocycles. The fourth-order valence-electron chi connectivity index (χ4n) is 2.52. The van der Waals surface area contributed by atoms with E-state index in [2.05, 4.69) is 10.6 Å². The van der Waals surface area contributed by atoms with Crippen LogP contribution in [-0.4, -0.2) is 11.8 Å². The molecule has 0 aliphatic rings. The predicted molar refractivity (Wildman–Crippen MR) is 111 cm³/mol. The van der Waals surface area contributed by atoms with Crippen LogP contribution in [0.15, 0.2) is 53.3 Å². The van der Waals surface area contributed by atoms with Gasteiger partial charge in [0.05, 0.1) is 0 Å². The fraction of sp³-hybridized carbons (Fsp3) is 0.190. The Balaban J connectivity index is 2.09. The number of benzene rings is 2. The van der Waals surface area contributed by atoms with Crippen molar-refractivity contribution in [2.24, 2.45) is 5.92 Å². The van der Waals surface area contributed by atoms with Crippen molar-refractivity contribution >= 4 is 43.9 Å². The molecule has 0 aliphatic heterocycles. The van der Waals surface area contributed by atoms with Crippen molar-refractivity contribution in [2.75, 3.05) is 10.6 Å². The average molecular weight is 380 g/mol. The number of anilines is 2. The Hall–Kier alpha value is -2.99. The van der Waals surface area contributed by atoms with Crippen molar-refractivity contribution < 1.29 is 9.59 Å². The molecule has 0 unspecified atom stereocenters. The molecule has 0 atom stereocenters. The normalized spacial score (nSPS) is 10.8. The van der Waals surface area contributed by atoms with E-state index in [1.165, 1.54) is 11.3 Å². The summed E-state index contributed by atoms with van der Waals surface area (Å²) < 4.78 is 0.716. The number of carbonyl (C=O) groups is 2. The van der Waals surface area contributed by atoms with Crippen LogP contribution in [0.1, 0.15) is 29.8 Å². The van der Waals surface area contributed by atoms with Crippen LogP contribution in [0.5, 0.6) is 0 Å². The van der Waals surface area contributed by atoms with E-state index in [9.17, 15) is 14.4 Å². The lowest BCUT2D eigenvalue weighted by molar-refractivity contribution is -0.118. The van der Waals surface area contributed by atoms with E-state index >= 15 is 0 Å². The Morgan fingerprint density at radius 1 is 0.963 bits per heavy atom. The van der Waals surface area contributed by atoms with Gasteiger partial charge in [0.2, 0.25) is 11.3 Å². The third-order valence-corrected chi connectivity index (χ3v) is 5.18. The van der Waals surface area contributed by atoms with E-state index in [0.29, 0.717) is 15.8 Å². The standard InChI is InChI=1S/C21H20N2O3S/c1-12(2)19(25)23-21-17(18(24)15-6-4-5-7-16(15)27-21)20(26)22-14-10-8-13(3)9-11-14/h4-12H,1-3H3,(H,22,26)(H,23,25). The minimum atomic E-state index is -0.537. The molecule has 2 amide bonds. The first-order valence-electron chi connectivity index (χ1n) is 8.61. The molecule has 138 valence electrons. The van der Waals surface area contributed by atoms with Gasteiger partial charge in [-0.3, -0.25) is 14.4 Å². The van der Waals surface area contributed by atoms with Crippen LogP contribution in [0.2, 0.25) is 0 Å². The molecule has 0 bridgehead atoms. The summed E-state index contributed by atoms with van der Waals surface area (Å²) in [5, 5.41) is 6.21. The predicted octanol–water partition coefficient (Wildman–Crippen LogP) is 4.42. The number of nitrogens with one attached hydrogen (secondary N) is 2. The van der Waals surface area contributed by atoms with Gasteiger partial charge < -0.3 is 10.6 Å². The molecule has 6 heteroatoms. The minimum Gasteiger partial charge on any atom is -0.322 e. The molecule has 3 rings (SSSR count). The maximum absolute atomic E-state index is 13.0. The van der Waals surface area contributed by atoms with Gasteiger partial charge in [-0.05, 0) is 31.2 Å². The molecule has 1 aromatic heterocycles. The Kier molecular flexibility index (Phi) is 5.37. The second kappa shape index (κ2) is 7.72. The highest BCUT2D eigenvalue weighted by Gasteiger charge is 2.22. The molecule has 0 radical (unpaired) electrons. The van der Waals surface area contributed by atoms with Gasteiger partial charge in [-0.25, -0.2) is 0 Å². The SMILES string of the molecule is Cc1ccc(NC(=O)c2c(NC(=O)C(C)C)sc3ccccc3c2=O)cc1. The zero-order chi connectivity index (χ0) is 19.6. The van der Waals surface area contributed by atoms with Crippen molar-refractivity contribution in [2.45, 2.75) is 20.8 Å². The molecule has 0 fully saturated rings. The highest BCUT2D eigenvalue weighted by atomic mass is 32.1. The van der Waals surface area contributed by atoms with Gasteiger partial charge in [0.1, 0.15) is 10.6 Å². The van der Waals surface area contributed by atoms with Gasteiger partial charge in [0, 0.05) is 21.7 Å². The fourth-order valence-corrected chi connectivity index (χ4v) is 3.60. The lowest BCUT2D eigenvalue weighted by Crippen LogP contribution is -2.26. The first-order chi connectivity index (χ1) is 12.9. The molecule has 0 aliphatic carbocycles. The molecule has 5 nitrogen and oxygen atoms in total. The van der Waals surface area contributed by atoms with Crippen LogP contribution in [-0.2, 0) is 4.79 Å². The summed E-state index contributed by atoms with van der Waals surface area (Å²) in [5.41, 5.74) is 1.21. The van der Waals surface area contributed by atoms with E-state index in [-0.39, 0.29) is 22.4 Å². The Labute approximate surface area is 161 Å². The Morgan fingerprint density at radius 2 is 1.63 bits per heavy atom. The monoisotopic (exact) mass is 380 g/mol. The minimum absolute atomic E-state index is 0.0479. The van der Waals surface area contributed by atoms with Gasteiger partial charge in [0.15, 0.2) is 0 Å². The van der Waals surface area contributed by atoms with Crippen molar-refractivity contribution in [3.05, 3.63) is 69.9 Å². The number of aryl methyl sites for hydroxylation is 1. The molecular weight excluding hydrogens is 360 g/mol. The highest BCUT2D eigenvalue weighted by molar-refractivity contribution is 7.22. The second-order valence-electron chi connectivity index (χ2n) is 6.60. The summed E-state index contributed by atoms with van der Waals surface area (Å²) in [6, 6.07) is 14.3. The van der Waals surface area contributed by atoms with E-state index in [4.69, 9.17) is 0 Å². The molecule has 1 heterocycles. The number of hydrogen-bond acceptors (Lipinski definition) is 4. The smallest absolute Gasteiger partial charge is 0.262 e. The van der Waals surface area contributed by atoms with Crippen LogP contribution in [0, 0.1) is 12.8 Å². The van der Waals surface area contributed by atoms with Gasteiger partial charge in [-0.1, -0.05) is 43.7 Å². The zero-order valence-corrected chi connectivity index (χ0v) is 16.1. The average Bonchev–Trinajstić information content (AvgIpc) is 2.63. The van der Waals surface area contributed by atoms with Crippen LogP contribution >= 0.6 is 11.3 Å². The van der Waals surface area contributed by atoms with Gasteiger partial charge in [0.25, 0.3) is 5.91 Å². The first kappa shape index (κ1) is 18.8. The van der Waals surface area contributed by atoms with Gasteiger partial charge in [-0.2, -0.15) is 0 Å². The maximum Gasteiger partial charge on any atom is 0.262 e. The van der Waals surface area contributed by atoms with Crippen LogP contribution in [0.3, 0.4) is 0 Å². The molecule has 2 aromatic carbocycles. The summed E-state index contributed by atoms with van der Waals surface area (Å²) in [6.07, 6.45) is 0. The van der Waals surface area contributed by atoms with Crippen molar-refractivity contribution in [1.29, 1.82) is 0 Å². The Bertz CT molecular complexity index is 1070. The van der Waals surface area contributed by atoms with Crippen LogP contribution in [0.4, 0.5) is 10.7 Å². The summed E-state index contributed by atoms with van der Waals surface area (Å²) in [4.78, 5) is 38.1. The van der Waals surface area contributed by atoms with Crippen molar-refractivity contribution in [3.8, 4) is 0 Å². The van der Waals surface area contributed by atoms with Gasteiger partial charge >= 0.3 is 0 Å². The molecule has 2 N–H and O–H groups in total. The van der Waals surface area contributed by atoms with Crippen LogP contribution in [0.25, 0.3) is 10.1 Å². The summed E-state index contributed by atoms with van der Waals surface area (Å²) in [7, 11) is 0. The van der Waals surface area contributed by atoms with E-state index in [1.807, 2.05) is 25.1 Å². The number of fused-ring (bicyclic) bond motifs is 1. The molecule has 0 saturated carbocycles. The summed E-state index contributed by atoms with van der Waals surface area (Å²) in [5.74, 6) is -1.05. The molecular formula is C21H20N2O3S. The molecule has 3 aromatic rings. The van der Waals surface area contributed by atoms with Crippen molar-refractivity contribution in [3.63, 3.8) is 0 Å². The van der Waals surface area contributed by atoms with E-state index in [0.717, 1.165) is 5.56 Å². The number of amides is 2. The van der Waals surface area contributed by atoms with Gasteiger partial charge in [-0.15, -0.1) is 11.3 Å². The summed E-state index contributed by atoms with van der Waals surface area (Å²) in [6.45, 7) is 5.46. The number of rotatable bonds is 4. The third-order valence-electron chi connectivity index (χ3n) is 4.10. The zero-order valence-electron chi connectivity index (χ0n) is 15.3. The maximum atomic E-state index is 13.0. The largest absolute Gasteiger partial charge is 0.322 e. The lowest BCUT2D eigenvalue weighted by atomic mass is 10.1. The second-order valence-corrected chi connectivity index (χ2v) is 7.65. The molecule has 0 spiro atoms. The number of hydrogen-bond donors (Lipinski definition) is 2. The van der Waals surface area contributed by atoms with E-state index in [1.54, 1.807) is 44.2 Å². The first-order valence-corrected chi connectivity index (χ1v) is 9.43. The van der Waals surface area contributed by atoms with E-state index < -0.39 is 11.3 Å². The topological polar surface area (TPSA) is 75.3 Å². The quantitative estimate of drug-likeness (QED) is 0.704. The van der Waals surface area contributed by atoms with Crippen LogP contribution < -0.4 is 16.1 Å². The molecule has 27 heavy (non-hydrogen) atoms.